The molecule has 16 nitrogen and oxygen atoms in total. The van der Waals surface area contributed by atoms with Gasteiger partial charge in [-0.2, -0.15) is 0 Å². The van der Waals surface area contributed by atoms with Crippen LogP contribution in [0.4, 0.5) is 20.9 Å². The van der Waals surface area contributed by atoms with Crippen LogP contribution in [-0.4, -0.2) is 90.5 Å². The highest BCUT2D eigenvalue weighted by atomic mass is 32.1. The van der Waals surface area contributed by atoms with E-state index in [1.165, 1.54) is 52.4 Å². The monoisotopic (exact) mass is 867 g/mol. The number of piperazine rings is 1. The minimum absolute atomic E-state index is 0.130. The fourth-order valence-electron chi connectivity index (χ4n) is 6.00. The van der Waals surface area contributed by atoms with Crippen molar-refractivity contribution in [3.63, 3.8) is 0 Å². The molecule has 0 radical (unpaired) electrons. The van der Waals surface area contributed by atoms with Gasteiger partial charge in [0.1, 0.15) is 22.7 Å². The van der Waals surface area contributed by atoms with Crippen LogP contribution in [0.15, 0.2) is 65.3 Å². The molecule has 61 heavy (non-hydrogen) atoms. The lowest BCUT2D eigenvalue weighted by Gasteiger charge is -2.36. The fraction of sp³-hybridized carbons (Fsp3) is 0.372. The zero-order valence-corrected chi connectivity index (χ0v) is 37.2. The SMILES string of the molecule is CC(C)(C)OC(=O)C=Cc1c(N2CCN(C(=O)C(=Cc3ccncc3)c3cnc(NC(=O)OC(C)(C)C)s3)CC2)nc2cc(C(=O)Nc3nc(C(C)(C)C)cs3)ccn2c1=O. The Balaban J connectivity index is 1.28. The average molecular weight is 868 g/mol. The van der Waals surface area contributed by atoms with Gasteiger partial charge in [-0.15, -0.1) is 11.3 Å². The van der Waals surface area contributed by atoms with E-state index >= 15 is 0 Å². The van der Waals surface area contributed by atoms with Gasteiger partial charge in [-0.1, -0.05) is 32.1 Å². The summed E-state index contributed by atoms with van der Waals surface area (Å²) in [5, 5.41) is 8.11. The lowest BCUT2D eigenvalue weighted by atomic mass is 9.93. The van der Waals surface area contributed by atoms with Gasteiger partial charge in [0.15, 0.2) is 10.3 Å². The van der Waals surface area contributed by atoms with Crippen LogP contribution in [0.25, 0.3) is 23.4 Å². The second kappa shape index (κ2) is 17.8. The Hall–Kier alpha value is -6.27. The summed E-state index contributed by atoms with van der Waals surface area (Å²) in [4.78, 5) is 89.1. The zero-order valence-electron chi connectivity index (χ0n) is 35.6. The summed E-state index contributed by atoms with van der Waals surface area (Å²) in [6.07, 6.45) is 9.92. The molecule has 1 saturated heterocycles. The van der Waals surface area contributed by atoms with Crippen molar-refractivity contribution in [2.24, 2.45) is 0 Å². The van der Waals surface area contributed by atoms with E-state index in [2.05, 4.69) is 25.6 Å². The number of pyridine rings is 2. The third-order valence-electron chi connectivity index (χ3n) is 8.89. The molecule has 6 rings (SSSR count). The molecule has 0 saturated carbocycles. The number of esters is 1. The minimum atomic E-state index is -0.756. The highest BCUT2D eigenvalue weighted by molar-refractivity contribution is 7.17. The van der Waals surface area contributed by atoms with Crippen molar-refractivity contribution in [1.29, 1.82) is 0 Å². The summed E-state index contributed by atoms with van der Waals surface area (Å²) in [5.41, 5.74) is 0.424. The molecule has 3 amide bonds. The largest absolute Gasteiger partial charge is 0.457 e. The maximum absolute atomic E-state index is 14.4. The van der Waals surface area contributed by atoms with Gasteiger partial charge < -0.3 is 19.3 Å². The lowest BCUT2D eigenvalue weighted by Crippen LogP contribution is -2.49. The minimum Gasteiger partial charge on any atom is -0.457 e. The third kappa shape index (κ3) is 11.5. The average Bonchev–Trinajstić information content (AvgIpc) is 3.85. The van der Waals surface area contributed by atoms with Crippen molar-refractivity contribution in [3.8, 4) is 0 Å². The predicted octanol–water partition coefficient (Wildman–Crippen LogP) is 7.14. The molecule has 1 fully saturated rings. The Labute approximate surface area is 361 Å². The molecule has 5 aromatic heterocycles. The smallest absolute Gasteiger partial charge is 0.413 e. The summed E-state index contributed by atoms with van der Waals surface area (Å²) >= 11 is 2.46. The number of anilines is 3. The molecule has 0 atom stereocenters. The zero-order chi connectivity index (χ0) is 44.3. The second-order valence-corrected chi connectivity index (χ2v) is 19.1. The molecule has 0 aliphatic carbocycles. The molecule has 320 valence electrons. The van der Waals surface area contributed by atoms with Gasteiger partial charge in [-0.25, -0.2) is 24.5 Å². The first kappa shape index (κ1) is 44.3. The first-order valence-corrected chi connectivity index (χ1v) is 21.2. The van der Waals surface area contributed by atoms with Gasteiger partial charge in [0.05, 0.1) is 21.7 Å². The van der Waals surface area contributed by atoms with Crippen LogP contribution >= 0.6 is 22.7 Å². The van der Waals surface area contributed by atoms with E-state index in [0.29, 0.717) is 15.6 Å². The van der Waals surface area contributed by atoms with E-state index < -0.39 is 34.7 Å². The summed E-state index contributed by atoms with van der Waals surface area (Å²) in [5.74, 6) is -1.05. The van der Waals surface area contributed by atoms with Crippen molar-refractivity contribution >= 4 is 86.0 Å². The van der Waals surface area contributed by atoms with Gasteiger partial charge in [0.2, 0.25) is 0 Å². The number of hydrogen-bond donors (Lipinski definition) is 2. The molecule has 18 heteroatoms. The Morgan fingerprint density at radius 3 is 2.18 bits per heavy atom. The summed E-state index contributed by atoms with van der Waals surface area (Å²) in [7, 11) is 0. The highest BCUT2D eigenvalue weighted by Crippen LogP contribution is 2.31. The van der Waals surface area contributed by atoms with Gasteiger partial charge in [-0.05, 0) is 83.5 Å². The fourth-order valence-corrected chi connectivity index (χ4v) is 7.75. The number of nitrogens with one attached hydrogen (secondary N) is 2. The molecule has 6 heterocycles. The van der Waals surface area contributed by atoms with Crippen LogP contribution in [-0.2, 0) is 24.5 Å². The number of amides is 3. The number of fused-ring (bicyclic) bond motifs is 1. The molecule has 1 aliphatic heterocycles. The Morgan fingerprint density at radius 2 is 1.54 bits per heavy atom. The molecular weight excluding hydrogens is 819 g/mol. The number of thiazole rings is 2. The molecule has 0 unspecified atom stereocenters. The lowest BCUT2D eigenvalue weighted by molar-refractivity contribution is -0.148. The van der Waals surface area contributed by atoms with Crippen LogP contribution in [0.2, 0.25) is 0 Å². The Kier molecular flexibility index (Phi) is 12.9. The van der Waals surface area contributed by atoms with Crippen LogP contribution in [0.5, 0.6) is 0 Å². The number of rotatable bonds is 9. The number of carbonyl (C=O) groups excluding carboxylic acids is 4. The van der Waals surface area contributed by atoms with Crippen molar-refractivity contribution in [3.05, 3.63) is 98.1 Å². The molecule has 0 bridgehead atoms. The topological polar surface area (TPSA) is 190 Å². The van der Waals surface area contributed by atoms with Crippen molar-refractivity contribution in [2.45, 2.75) is 78.9 Å². The maximum atomic E-state index is 14.4. The Morgan fingerprint density at radius 1 is 0.852 bits per heavy atom. The highest BCUT2D eigenvalue weighted by Gasteiger charge is 2.29. The van der Waals surface area contributed by atoms with Gasteiger partial charge in [0.25, 0.3) is 17.4 Å². The molecule has 2 N–H and O–H groups in total. The molecule has 0 aromatic carbocycles. The summed E-state index contributed by atoms with van der Waals surface area (Å²) in [6.45, 7) is 17.7. The first-order valence-electron chi connectivity index (χ1n) is 19.5. The van der Waals surface area contributed by atoms with E-state index in [0.717, 1.165) is 22.6 Å². The number of nitrogens with zero attached hydrogens (tertiary/aromatic N) is 7. The van der Waals surface area contributed by atoms with Crippen molar-refractivity contribution in [1.82, 2.24) is 29.2 Å². The van der Waals surface area contributed by atoms with Crippen molar-refractivity contribution in [2.75, 3.05) is 41.7 Å². The van der Waals surface area contributed by atoms with Crippen LogP contribution in [0.3, 0.4) is 0 Å². The third-order valence-corrected chi connectivity index (χ3v) is 10.6. The quantitative estimate of drug-likeness (QED) is 0.113. The number of ether oxygens (including phenoxy) is 2. The summed E-state index contributed by atoms with van der Waals surface area (Å²) < 4.78 is 12.1. The normalized spacial score (nSPS) is 14.0. The van der Waals surface area contributed by atoms with Gasteiger partial charge in [0, 0.05) is 73.4 Å². The molecular formula is C43H49N9O7S2. The first-order chi connectivity index (χ1) is 28.6. The Bertz CT molecular complexity index is 2570. The molecule has 0 spiro atoms. The number of carbonyl (C=O) groups is 4. The van der Waals surface area contributed by atoms with Crippen molar-refractivity contribution < 1.29 is 28.7 Å². The maximum Gasteiger partial charge on any atom is 0.413 e. The van der Waals surface area contributed by atoms with E-state index in [1.807, 2.05) is 31.1 Å². The number of aromatic nitrogens is 5. The van der Waals surface area contributed by atoms with E-state index in [9.17, 15) is 24.0 Å². The standard InChI is InChI=1S/C43H49N9O7S2/c1-41(2,3)31-25-60-39(46-31)48-35(54)27-14-17-52-32(23-27)47-34(28(37(52)56)10-11-33(53)58-42(4,5)6)50-18-20-51(21-19-50)36(55)29(22-26-12-15-44-16-13-26)30-24-45-38(61-30)49-40(57)59-43(7,8)9/h10-17,22-25H,18-21H2,1-9H3,(H,45,49,57)(H,46,48,54). The van der Waals surface area contributed by atoms with E-state index in [1.54, 1.807) is 77.0 Å². The van der Waals surface area contributed by atoms with E-state index in [-0.39, 0.29) is 65.2 Å². The molecule has 1 aliphatic rings. The summed E-state index contributed by atoms with van der Waals surface area (Å²) in [6, 6.07) is 6.60. The second-order valence-electron chi connectivity index (χ2n) is 17.2. The van der Waals surface area contributed by atoms with Gasteiger partial charge >= 0.3 is 12.1 Å². The predicted molar refractivity (Wildman–Crippen MR) is 238 cm³/mol. The number of hydrogen-bond acceptors (Lipinski definition) is 14. The molecule has 5 aromatic rings. The van der Waals surface area contributed by atoms with Crippen LogP contribution < -0.4 is 21.1 Å². The van der Waals surface area contributed by atoms with Crippen LogP contribution in [0.1, 0.15) is 94.4 Å². The van der Waals surface area contributed by atoms with Gasteiger partial charge in [-0.3, -0.25) is 34.4 Å². The van der Waals surface area contributed by atoms with Crippen LogP contribution in [0, 0.1) is 0 Å². The van der Waals surface area contributed by atoms with E-state index in [4.69, 9.17) is 14.5 Å².